The number of rotatable bonds is 8. The van der Waals surface area contributed by atoms with Crippen molar-refractivity contribution in [3.63, 3.8) is 0 Å². The fourth-order valence-electron chi connectivity index (χ4n) is 4.05. The number of nitrogens with zero attached hydrogens (tertiary/aromatic N) is 2. The summed E-state index contributed by atoms with van der Waals surface area (Å²) in [4.78, 5) is 7.96. The van der Waals surface area contributed by atoms with Crippen LogP contribution < -0.4 is 9.64 Å². The molecule has 1 aliphatic carbocycles. The molecule has 1 fully saturated rings. The number of anilines is 1. The summed E-state index contributed by atoms with van der Waals surface area (Å²) in [6, 6.07) is 8.59. The SMILES string of the molecule is [2H]C([2H])([2H])Oc1cc(Cl)c(-c2nc(N(CC#C)[C@@H](CC3CC3)c3ccc(C)c(F)c3)sc2C)cc1C. The number of halogens is 2. The van der Waals surface area contributed by atoms with Gasteiger partial charge >= 0.3 is 0 Å². The molecule has 1 saturated carbocycles. The first-order valence-electron chi connectivity index (χ1n) is 12.4. The van der Waals surface area contributed by atoms with Gasteiger partial charge in [-0.2, -0.15) is 0 Å². The molecule has 0 amide bonds. The van der Waals surface area contributed by atoms with Gasteiger partial charge in [0.25, 0.3) is 0 Å². The summed E-state index contributed by atoms with van der Waals surface area (Å²) in [7, 11) is -2.57. The lowest BCUT2D eigenvalue weighted by Crippen LogP contribution is -2.29. The zero-order chi connectivity index (χ0) is 26.2. The van der Waals surface area contributed by atoms with Crippen LogP contribution in [0.1, 0.15) is 51.0 Å². The van der Waals surface area contributed by atoms with Gasteiger partial charge in [0.2, 0.25) is 0 Å². The van der Waals surface area contributed by atoms with Crippen LogP contribution in [-0.4, -0.2) is 18.6 Å². The molecule has 6 heteroatoms. The normalized spacial score (nSPS) is 15.8. The minimum atomic E-state index is -2.57. The molecular weight excluding hydrogens is 455 g/mol. The Bertz CT molecular complexity index is 1310. The Labute approximate surface area is 208 Å². The fourth-order valence-corrected chi connectivity index (χ4v) is 5.26. The smallest absolute Gasteiger partial charge is 0.187 e. The molecule has 1 aliphatic rings. The third kappa shape index (κ3) is 5.03. The zero-order valence-corrected chi connectivity index (χ0v) is 20.5. The van der Waals surface area contributed by atoms with Crippen molar-refractivity contribution in [3.05, 3.63) is 62.7 Å². The van der Waals surface area contributed by atoms with Gasteiger partial charge in [-0.05, 0) is 68.0 Å². The van der Waals surface area contributed by atoms with Gasteiger partial charge in [0.05, 0.1) is 34.5 Å². The van der Waals surface area contributed by atoms with Crippen LogP contribution in [0.25, 0.3) is 11.3 Å². The van der Waals surface area contributed by atoms with E-state index in [-0.39, 0.29) is 17.6 Å². The van der Waals surface area contributed by atoms with Crippen LogP contribution in [0.5, 0.6) is 5.75 Å². The lowest BCUT2D eigenvalue weighted by molar-refractivity contribution is 0.412. The average Bonchev–Trinajstić information content (AvgIpc) is 3.54. The second-order valence-electron chi connectivity index (χ2n) is 8.64. The van der Waals surface area contributed by atoms with E-state index in [2.05, 4.69) is 10.8 Å². The molecule has 2 aromatic carbocycles. The van der Waals surface area contributed by atoms with Crippen LogP contribution in [0, 0.1) is 44.9 Å². The van der Waals surface area contributed by atoms with Crippen molar-refractivity contribution in [1.82, 2.24) is 4.98 Å². The molecule has 1 atom stereocenters. The number of aryl methyl sites for hydroxylation is 3. The summed E-state index contributed by atoms with van der Waals surface area (Å²) in [6.45, 7) is 5.82. The van der Waals surface area contributed by atoms with E-state index >= 15 is 0 Å². The summed E-state index contributed by atoms with van der Waals surface area (Å²) >= 11 is 8.08. The molecule has 1 heterocycles. The number of hydrogen-bond acceptors (Lipinski definition) is 4. The molecule has 0 unspecified atom stereocenters. The fraction of sp³-hybridized carbons (Fsp3) is 0.370. The second kappa shape index (κ2) is 9.75. The molecule has 0 N–H and O–H groups in total. The summed E-state index contributed by atoms with van der Waals surface area (Å²) < 4.78 is 41.7. The van der Waals surface area contributed by atoms with Crippen LogP contribution in [0.4, 0.5) is 9.52 Å². The highest BCUT2D eigenvalue weighted by Gasteiger charge is 2.32. The molecule has 0 saturated heterocycles. The Morgan fingerprint density at radius 1 is 1.30 bits per heavy atom. The lowest BCUT2D eigenvalue weighted by Gasteiger charge is -2.31. The standard InChI is InChI=1S/C27H28ClFN2OS/c1-6-11-31(24(13-19-8-9-19)20-10-7-16(2)23(29)14-20)27-30-26(18(4)33-27)21-12-17(3)25(32-5)15-22(21)28/h1,7,10,12,14-15,19,24H,8-9,11,13H2,2-5H3/t24-/m0/s1/i5D3. The third-order valence-electron chi connectivity index (χ3n) is 6.13. The van der Waals surface area contributed by atoms with Crippen molar-refractivity contribution in [2.75, 3.05) is 18.5 Å². The van der Waals surface area contributed by atoms with Gasteiger partial charge in [-0.3, -0.25) is 0 Å². The summed E-state index contributed by atoms with van der Waals surface area (Å²) in [6.07, 6.45) is 8.98. The van der Waals surface area contributed by atoms with Gasteiger partial charge in [0.1, 0.15) is 11.6 Å². The maximum Gasteiger partial charge on any atom is 0.187 e. The van der Waals surface area contributed by atoms with Crippen LogP contribution in [0.2, 0.25) is 5.02 Å². The van der Waals surface area contributed by atoms with Crippen LogP contribution in [-0.2, 0) is 0 Å². The first kappa shape index (κ1) is 19.9. The van der Waals surface area contributed by atoms with Crippen molar-refractivity contribution < 1.29 is 13.2 Å². The lowest BCUT2D eigenvalue weighted by atomic mass is 9.98. The number of ether oxygens (including phenoxy) is 1. The van der Waals surface area contributed by atoms with Crippen molar-refractivity contribution in [1.29, 1.82) is 0 Å². The molecule has 172 valence electrons. The van der Waals surface area contributed by atoms with E-state index in [1.54, 1.807) is 26.0 Å². The Hall–Kier alpha value is -2.55. The molecular formula is C27H28ClFN2OS. The Kier molecular flexibility index (Phi) is 5.87. The van der Waals surface area contributed by atoms with Crippen LogP contribution >= 0.6 is 22.9 Å². The first-order chi connectivity index (χ1) is 17.0. The minimum absolute atomic E-state index is 0.102. The number of thiazole rings is 1. The molecule has 33 heavy (non-hydrogen) atoms. The van der Waals surface area contributed by atoms with Crippen molar-refractivity contribution in [2.24, 2.45) is 5.92 Å². The third-order valence-corrected chi connectivity index (χ3v) is 7.45. The molecule has 1 aromatic heterocycles. The van der Waals surface area contributed by atoms with E-state index in [0.29, 0.717) is 39.9 Å². The van der Waals surface area contributed by atoms with Gasteiger partial charge in [0.15, 0.2) is 5.13 Å². The van der Waals surface area contributed by atoms with Crippen molar-refractivity contribution in [3.8, 4) is 29.4 Å². The summed E-state index contributed by atoms with van der Waals surface area (Å²) in [5, 5.41) is 1.09. The second-order valence-corrected chi connectivity index (χ2v) is 10.2. The average molecular weight is 486 g/mol. The molecule has 0 spiro atoms. The molecule has 0 radical (unpaired) electrons. The zero-order valence-electron chi connectivity index (χ0n) is 21.9. The van der Waals surface area contributed by atoms with Crippen molar-refractivity contribution in [2.45, 2.75) is 46.1 Å². The summed E-state index contributed by atoms with van der Waals surface area (Å²) in [5.74, 6) is 3.32. The number of aromatic nitrogens is 1. The van der Waals surface area contributed by atoms with E-state index in [1.807, 2.05) is 19.1 Å². The number of terminal acetylenes is 1. The monoisotopic (exact) mass is 485 g/mol. The highest BCUT2D eigenvalue weighted by atomic mass is 35.5. The van der Waals surface area contributed by atoms with E-state index in [1.165, 1.54) is 17.4 Å². The van der Waals surface area contributed by atoms with Gasteiger partial charge in [-0.15, -0.1) is 17.8 Å². The Balaban J connectivity index is 1.74. The summed E-state index contributed by atoms with van der Waals surface area (Å²) in [5.41, 5.74) is 3.52. The molecule has 0 aliphatic heterocycles. The van der Waals surface area contributed by atoms with E-state index in [4.69, 9.17) is 31.9 Å². The van der Waals surface area contributed by atoms with Gasteiger partial charge in [-0.25, -0.2) is 9.37 Å². The molecule has 3 aromatic rings. The van der Waals surface area contributed by atoms with Crippen LogP contribution in [0.3, 0.4) is 0 Å². The predicted molar refractivity (Wildman–Crippen MR) is 136 cm³/mol. The van der Waals surface area contributed by atoms with Crippen molar-refractivity contribution >= 4 is 28.1 Å². The quantitative estimate of drug-likeness (QED) is 0.308. The number of hydrogen-bond donors (Lipinski definition) is 0. The molecule has 0 bridgehead atoms. The molecule has 4 rings (SSSR count). The Morgan fingerprint density at radius 3 is 2.76 bits per heavy atom. The topological polar surface area (TPSA) is 25.4 Å². The van der Waals surface area contributed by atoms with Gasteiger partial charge in [-0.1, -0.05) is 42.5 Å². The maximum atomic E-state index is 14.5. The number of methoxy groups -OCH3 is 1. The number of benzene rings is 2. The van der Waals surface area contributed by atoms with E-state index < -0.39 is 7.04 Å². The van der Waals surface area contributed by atoms with Gasteiger partial charge < -0.3 is 9.64 Å². The Morgan fingerprint density at radius 2 is 2.09 bits per heavy atom. The highest BCUT2D eigenvalue weighted by Crippen LogP contribution is 2.44. The van der Waals surface area contributed by atoms with E-state index in [9.17, 15) is 4.39 Å². The largest absolute Gasteiger partial charge is 0.496 e. The predicted octanol–water partition coefficient (Wildman–Crippen LogP) is 7.52. The maximum absolute atomic E-state index is 14.5. The van der Waals surface area contributed by atoms with E-state index in [0.717, 1.165) is 34.8 Å². The van der Waals surface area contributed by atoms with Gasteiger partial charge in [0, 0.05) is 10.4 Å². The minimum Gasteiger partial charge on any atom is -0.496 e. The first-order valence-corrected chi connectivity index (χ1v) is 12.1. The highest BCUT2D eigenvalue weighted by molar-refractivity contribution is 7.16. The molecule has 3 nitrogen and oxygen atoms in total. The van der Waals surface area contributed by atoms with Crippen LogP contribution in [0.15, 0.2) is 30.3 Å².